The number of carboxylic acid groups (broad SMARTS) is 1. The first-order valence-electron chi connectivity index (χ1n) is 5.23. The average Bonchev–Trinajstić information content (AvgIpc) is 2.27. The fourth-order valence-electron chi connectivity index (χ4n) is 1.17. The number of benzene rings is 1. The first kappa shape index (κ1) is 13.7. The van der Waals surface area contributed by atoms with Gasteiger partial charge < -0.3 is 15.3 Å². The first-order valence-corrected chi connectivity index (χ1v) is 6.04. The molecule has 0 radical (unpaired) electrons. The molecule has 5 nitrogen and oxygen atoms in total. The molecule has 0 aliphatic carbocycles. The molecular formula is C11H15NO4S. The van der Waals surface area contributed by atoms with Gasteiger partial charge in [-0.05, 0) is 43.0 Å². The highest BCUT2D eigenvalue weighted by Crippen LogP contribution is 2.28. The Bertz CT molecular complexity index is 384. The zero-order chi connectivity index (χ0) is 12.7. The summed E-state index contributed by atoms with van der Waals surface area (Å²) in [5, 5.41) is 26.8. The predicted octanol–water partition coefficient (Wildman–Crippen LogP) is 1.95. The molecule has 0 aliphatic heterocycles. The summed E-state index contributed by atoms with van der Waals surface area (Å²) in [4.78, 5) is 11.0. The smallest absolute Gasteiger partial charge is 0.303 e. The van der Waals surface area contributed by atoms with Crippen LogP contribution in [-0.2, 0) is 4.79 Å². The van der Waals surface area contributed by atoms with Gasteiger partial charge in [0.2, 0.25) is 0 Å². The molecule has 17 heavy (non-hydrogen) atoms. The molecule has 0 spiro atoms. The van der Waals surface area contributed by atoms with Crippen LogP contribution in [0.4, 0.5) is 0 Å². The van der Waals surface area contributed by atoms with Crippen molar-refractivity contribution in [3.8, 4) is 11.5 Å². The van der Waals surface area contributed by atoms with Crippen molar-refractivity contribution in [1.29, 1.82) is 0 Å². The minimum absolute atomic E-state index is 0.143. The number of hydrogen-bond acceptors (Lipinski definition) is 5. The lowest BCUT2D eigenvalue weighted by Gasteiger charge is -2.04. The molecule has 0 aromatic heterocycles. The normalized spacial score (nSPS) is 10.4. The van der Waals surface area contributed by atoms with E-state index < -0.39 is 5.97 Å². The third kappa shape index (κ3) is 5.46. The summed E-state index contributed by atoms with van der Waals surface area (Å²) in [6.45, 7) is 0.694. The number of carboxylic acids is 1. The van der Waals surface area contributed by atoms with Crippen LogP contribution in [0.3, 0.4) is 0 Å². The average molecular weight is 257 g/mol. The number of aliphatic carboxylic acids is 1. The minimum atomic E-state index is -0.777. The molecule has 1 rings (SSSR count). The molecule has 0 unspecified atom stereocenters. The highest BCUT2D eigenvalue weighted by Gasteiger charge is 2.01. The molecule has 0 aliphatic rings. The van der Waals surface area contributed by atoms with Gasteiger partial charge in [0.1, 0.15) is 0 Å². The van der Waals surface area contributed by atoms with E-state index in [0.717, 1.165) is 11.3 Å². The summed E-state index contributed by atoms with van der Waals surface area (Å²) >= 11 is 1.33. The Morgan fingerprint density at radius 1 is 1.24 bits per heavy atom. The summed E-state index contributed by atoms with van der Waals surface area (Å²) < 4.78 is 3.05. The van der Waals surface area contributed by atoms with Crippen LogP contribution >= 0.6 is 11.9 Å². The summed E-state index contributed by atoms with van der Waals surface area (Å²) in [5.41, 5.74) is 0. The molecule has 0 bridgehead atoms. The fraction of sp³-hybridized carbons (Fsp3) is 0.364. The van der Waals surface area contributed by atoms with Gasteiger partial charge in [0.25, 0.3) is 0 Å². The van der Waals surface area contributed by atoms with E-state index in [2.05, 4.69) is 4.72 Å². The van der Waals surface area contributed by atoms with Gasteiger partial charge in [0.05, 0.1) is 0 Å². The van der Waals surface area contributed by atoms with Crippen molar-refractivity contribution in [3.05, 3.63) is 18.2 Å². The van der Waals surface area contributed by atoms with Gasteiger partial charge in [0, 0.05) is 17.9 Å². The Balaban J connectivity index is 2.18. The number of phenolic OH excluding ortho intramolecular Hbond substituents is 2. The molecular weight excluding hydrogens is 242 g/mol. The second kappa shape index (κ2) is 7.03. The van der Waals surface area contributed by atoms with Crippen molar-refractivity contribution in [2.45, 2.75) is 24.2 Å². The zero-order valence-electron chi connectivity index (χ0n) is 9.22. The van der Waals surface area contributed by atoms with Crippen LogP contribution < -0.4 is 4.72 Å². The maximum absolute atomic E-state index is 10.2. The van der Waals surface area contributed by atoms with Crippen LogP contribution in [0.1, 0.15) is 19.3 Å². The minimum Gasteiger partial charge on any atom is -0.504 e. The van der Waals surface area contributed by atoms with Crippen molar-refractivity contribution < 1.29 is 20.1 Å². The second-order valence-corrected chi connectivity index (χ2v) is 4.46. The highest BCUT2D eigenvalue weighted by molar-refractivity contribution is 7.97. The largest absolute Gasteiger partial charge is 0.504 e. The highest BCUT2D eigenvalue weighted by atomic mass is 32.2. The summed E-state index contributed by atoms with van der Waals surface area (Å²) in [6.07, 6.45) is 1.61. The number of rotatable bonds is 7. The lowest BCUT2D eigenvalue weighted by Crippen LogP contribution is -2.06. The molecule has 94 valence electrons. The number of aromatic hydroxyl groups is 2. The molecule has 0 heterocycles. The summed E-state index contributed by atoms with van der Waals surface area (Å²) in [5.74, 6) is -1.07. The van der Waals surface area contributed by atoms with Crippen molar-refractivity contribution >= 4 is 17.9 Å². The van der Waals surface area contributed by atoms with Gasteiger partial charge in [-0.3, -0.25) is 9.52 Å². The fourth-order valence-corrected chi connectivity index (χ4v) is 1.89. The van der Waals surface area contributed by atoms with Crippen molar-refractivity contribution in [2.75, 3.05) is 6.54 Å². The van der Waals surface area contributed by atoms with Crippen LogP contribution in [-0.4, -0.2) is 27.8 Å². The van der Waals surface area contributed by atoms with Crippen LogP contribution in [0.5, 0.6) is 11.5 Å². The lowest BCUT2D eigenvalue weighted by atomic mass is 10.2. The van der Waals surface area contributed by atoms with E-state index >= 15 is 0 Å². The van der Waals surface area contributed by atoms with Gasteiger partial charge in [-0.2, -0.15) is 0 Å². The second-order valence-electron chi connectivity index (χ2n) is 3.50. The Labute approximate surface area is 104 Å². The third-order valence-corrected chi connectivity index (χ3v) is 2.89. The molecule has 1 aromatic rings. The van der Waals surface area contributed by atoms with E-state index in [4.69, 9.17) is 10.2 Å². The zero-order valence-corrected chi connectivity index (χ0v) is 10.0. The molecule has 0 saturated carbocycles. The third-order valence-electron chi connectivity index (χ3n) is 2.06. The lowest BCUT2D eigenvalue weighted by molar-refractivity contribution is -0.137. The Morgan fingerprint density at radius 3 is 2.65 bits per heavy atom. The van der Waals surface area contributed by atoms with Crippen molar-refractivity contribution in [2.24, 2.45) is 0 Å². The van der Waals surface area contributed by atoms with Crippen LogP contribution in [0.2, 0.25) is 0 Å². The van der Waals surface area contributed by atoms with Gasteiger partial charge in [-0.15, -0.1) is 0 Å². The standard InChI is InChI=1S/C11H15NO4S/c13-9-5-4-8(7-10(9)14)17-12-6-2-1-3-11(15)16/h4-5,7,12-14H,1-3,6H2,(H,15,16). The van der Waals surface area contributed by atoms with Crippen molar-refractivity contribution in [3.63, 3.8) is 0 Å². The predicted molar refractivity (Wildman–Crippen MR) is 65.1 cm³/mol. The Hall–Kier alpha value is -1.40. The summed E-state index contributed by atoms with van der Waals surface area (Å²) in [6, 6.07) is 4.57. The maximum atomic E-state index is 10.2. The molecule has 0 saturated heterocycles. The van der Waals surface area contributed by atoms with Crippen LogP contribution in [0.25, 0.3) is 0 Å². The Morgan fingerprint density at radius 2 is 2.00 bits per heavy atom. The van der Waals surface area contributed by atoms with Crippen LogP contribution in [0, 0.1) is 0 Å². The van der Waals surface area contributed by atoms with Gasteiger partial charge in [0.15, 0.2) is 11.5 Å². The maximum Gasteiger partial charge on any atom is 0.303 e. The van der Waals surface area contributed by atoms with Crippen LogP contribution in [0.15, 0.2) is 23.1 Å². The van der Waals surface area contributed by atoms with E-state index in [-0.39, 0.29) is 17.9 Å². The van der Waals surface area contributed by atoms with Crippen molar-refractivity contribution in [1.82, 2.24) is 4.72 Å². The number of phenols is 2. The first-order chi connectivity index (χ1) is 8.09. The van der Waals surface area contributed by atoms with E-state index in [0.29, 0.717) is 13.0 Å². The Kier molecular flexibility index (Phi) is 5.65. The van der Waals surface area contributed by atoms with E-state index in [9.17, 15) is 9.90 Å². The van der Waals surface area contributed by atoms with E-state index in [1.54, 1.807) is 6.07 Å². The van der Waals surface area contributed by atoms with E-state index in [1.165, 1.54) is 24.1 Å². The molecule has 6 heteroatoms. The number of unbranched alkanes of at least 4 members (excludes halogenated alkanes) is 1. The molecule has 1 aromatic carbocycles. The number of nitrogens with one attached hydrogen (secondary N) is 1. The SMILES string of the molecule is O=C(O)CCCCNSc1ccc(O)c(O)c1. The number of hydrogen-bond donors (Lipinski definition) is 4. The van der Waals surface area contributed by atoms with Gasteiger partial charge >= 0.3 is 5.97 Å². The van der Waals surface area contributed by atoms with Gasteiger partial charge in [-0.1, -0.05) is 0 Å². The molecule has 4 N–H and O–H groups in total. The summed E-state index contributed by atoms with van der Waals surface area (Å²) in [7, 11) is 0. The molecule has 0 amide bonds. The monoisotopic (exact) mass is 257 g/mol. The molecule has 0 atom stereocenters. The topological polar surface area (TPSA) is 89.8 Å². The van der Waals surface area contributed by atoms with Gasteiger partial charge in [-0.25, -0.2) is 0 Å². The number of carbonyl (C=O) groups is 1. The molecule has 0 fully saturated rings. The quantitative estimate of drug-likeness (QED) is 0.339. The van der Waals surface area contributed by atoms with E-state index in [1.807, 2.05) is 0 Å².